The summed E-state index contributed by atoms with van der Waals surface area (Å²) in [5.74, 6) is 1.57. The lowest BCUT2D eigenvalue weighted by Gasteiger charge is -2.39. The van der Waals surface area contributed by atoms with Gasteiger partial charge in [-0.1, -0.05) is 23.2 Å². The van der Waals surface area contributed by atoms with Crippen molar-refractivity contribution in [1.82, 2.24) is 19.9 Å². The lowest BCUT2D eigenvalue weighted by atomic mass is 10.0. The molecule has 1 N–H and O–H groups in total. The first kappa shape index (κ1) is 34.5. The van der Waals surface area contributed by atoms with E-state index in [2.05, 4.69) is 20.3 Å². The van der Waals surface area contributed by atoms with Gasteiger partial charge in [-0.25, -0.2) is 19.7 Å². The van der Waals surface area contributed by atoms with Crippen LogP contribution in [0.15, 0.2) is 55.0 Å². The molecular weight excluding hydrogens is 663 g/mol. The summed E-state index contributed by atoms with van der Waals surface area (Å²) in [6.07, 6.45) is 2.78. The highest BCUT2D eigenvalue weighted by atomic mass is 35.5. The highest BCUT2D eigenvalue weighted by Crippen LogP contribution is 2.45. The van der Waals surface area contributed by atoms with Gasteiger partial charge in [0, 0.05) is 54.5 Å². The normalized spacial score (nSPS) is 13.0. The van der Waals surface area contributed by atoms with Crippen molar-refractivity contribution < 1.29 is 28.7 Å². The van der Waals surface area contributed by atoms with Crippen LogP contribution in [0.1, 0.15) is 32.0 Å². The van der Waals surface area contributed by atoms with Crippen molar-refractivity contribution in [1.29, 1.82) is 0 Å². The number of nitrogens with one attached hydrogen (secondary N) is 1. The van der Waals surface area contributed by atoms with Crippen molar-refractivity contribution >= 4 is 46.5 Å². The van der Waals surface area contributed by atoms with Crippen molar-refractivity contribution in [2.24, 2.45) is 5.92 Å². The summed E-state index contributed by atoms with van der Waals surface area (Å²) in [6.45, 7) is 6.74. The fourth-order valence-electron chi connectivity index (χ4n) is 4.98. The van der Waals surface area contributed by atoms with E-state index in [-0.39, 0.29) is 34.2 Å². The number of hydrogen-bond donors (Lipinski definition) is 1. The molecule has 252 valence electrons. The molecule has 48 heavy (non-hydrogen) atoms. The van der Waals surface area contributed by atoms with Crippen LogP contribution in [-0.4, -0.2) is 70.4 Å². The standard InChI is InChI=1S/C33H34Cl2N6O7/c1-33(2,3)48-32(42)40-15-19(16-40)17-47-22-9-8-20(25(13-22)41(43)44)11-21-12-24(38-18-37-21)23-7-6-10-36-31(23)39-30-28(34)26(45-4)14-27(46-5)29(30)35/h6-10,12-14,18-19H,11,15-17H2,1-5H3,(H,36,39). The number of anilines is 2. The maximum absolute atomic E-state index is 12.2. The number of likely N-dealkylation sites (tertiary alicyclic amines) is 1. The molecule has 1 fully saturated rings. The van der Waals surface area contributed by atoms with Crippen molar-refractivity contribution in [3.63, 3.8) is 0 Å². The van der Waals surface area contributed by atoms with E-state index in [4.69, 9.17) is 42.1 Å². The van der Waals surface area contributed by atoms with Gasteiger partial charge in [0.15, 0.2) is 0 Å². The number of nitro groups is 1. The van der Waals surface area contributed by atoms with Gasteiger partial charge in [-0.3, -0.25) is 10.1 Å². The number of nitro benzene ring substituents is 1. The van der Waals surface area contributed by atoms with E-state index in [0.29, 0.717) is 71.0 Å². The van der Waals surface area contributed by atoms with E-state index in [9.17, 15) is 14.9 Å². The van der Waals surface area contributed by atoms with Gasteiger partial charge in [0.05, 0.1) is 43.2 Å². The Labute approximate surface area is 287 Å². The Bertz CT molecular complexity index is 1800. The predicted octanol–water partition coefficient (Wildman–Crippen LogP) is 7.35. The topological polar surface area (TPSA) is 151 Å². The first-order chi connectivity index (χ1) is 22.9. The number of rotatable bonds is 11. The maximum atomic E-state index is 12.2. The smallest absolute Gasteiger partial charge is 0.410 e. The number of halogens is 2. The second kappa shape index (κ2) is 14.5. The summed E-state index contributed by atoms with van der Waals surface area (Å²) in [6, 6.07) is 11.6. The van der Waals surface area contributed by atoms with Crippen LogP contribution in [-0.2, 0) is 11.2 Å². The number of ether oxygens (including phenoxy) is 4. The first-order valence-corrected chi connectivity index (χ1v) is 15.6. The van der Waals surface area contributed by atoms with Crippen LogP contribution >= 0.6 is 23.2 Å². The molecule has 3 heterocycles. The average Bonchev–Trinajstić information content (AvgIpc) is 3.02. The quantitative estimate of drug-likeness (QED) is 0.124. The lowest BCUT2D eigenvalue weighted by molar-refractivity contribution is -0.385. The molecule has 0 radical (unpaired) electrons. The number of amides is 1. The third-order valence-corrected chi connectivity index (χ3v) is 8.09. The molecule has 15 heteroatoms. The predicted molar refractivity (Wildman–Crippen MR) is 181 cm³/mol. The van der Waals surface area contributed by atoms with Gasteiger partial charge in [-0.2, -0.15) is 0 Å². The molecule has 0 spiro atoms. The Hall–Kier alpha value is -4.88. The molecule has 0 saturated carbocycles. The van der Waals surface area contributed by atoms with Crippen molar-refractivity contribution in [3.05, 3.63) is 86.4 Å². The molecule has 1 aliphatic heterocycles. The molecule has 2 aromatic carbocycles. The second-order valence-electron chi connectivity index (χ2n) is 12.0. The number of carbonyl (C=O) groups excluding carboxylic acids is 1. The van der Waals surface area contributed by atoms with Gasteiger partial charge in [-0.05, 0) is 51.1 Å². The largest absolute Gasteiger partial charge is 0.495 e. The van der Waals surface area contributed by atoms with Crippen LogP contribution in [0.5, 0.6) is 17.2 Å². The zero-order valence-corrected chi connectivity index (χ0v) is 28.5. The number of carbonyl (C=O) groups is 1. The third kappa shape index (κ3) is 7.97. The van der Waals surface area contributed by atoms with Crippen LogP contribution in [0.2, 0.25) is 10.0 Å². The summed E-state index contributed by atoms with van der Waals surface area (Å²) in [5.41, 5.74) is 1.78. The van der Waals surface area contributed by atoms with Crippen LogP contribution < -0.4 is 19.5 Å². The molecule has 1 amide bonds. The Balaban J connectivity index is 1.31. The van der Waals surface area contributed by atoms with E-state index in [1.54, 1.807) is 41.4 Å². The molecule has 5 rings (SSSR count). The minimum absolute atomic E-state index is 0.0977. The molecule has 0 bridgehead atoms. The van der Waals surface area contributed by atoms with E-state index in [0.717, 1.165) is 0 Å². The summed E-state index contributed by atoms with van der Waals surface area (Å²) >= 11 is 13.2. The summed E-state index contributed by atoms with van der Waals surface area (Å²) in [5, 5.41) is 15.7. The monoisotopic (exact) mass is 696 g/mol. The molecule has 0 aliphatic carbocycles. The fourth-order valence-corrected chi connectivity index (χ4v) is 5.58. The number of methoxy groups -OCH3 is 2. The van der Waals surface area contributed by atoms with Gasteiger partial charge in [0.25, 0.3) is 5.69 Å². The van der Waals surface area contributed by atoms with Crippen molar-refractivity contribution in [2.45, 2.75) is 32.8 Å². The summed E-state index contributed by atoms with van der Waals surface area (Å²) in [7, 11) is 2.96. The lowest BCUT2D eigenvalue weighted by Crippen LogP contribution is -2.53. The SMILES string of the molecule is COc1cc(OC)c(Cl)c(Nc2ncccc2-c2cc(Cc3ccc(OCC4CN(C(=O)OC(C)(C)C)C4)cc3[N+](=O)[O-])ncn2)c1Cl. The van der Waals surface area contributed by atoms with Crippen LogP contribution in [0.4, 0.5) is 22.0 Å². The Morgan fingerprint density at radius 2 is 1.75 bits per heavy atom. The molecule has 0 unspecified atom stereocenters. The first-order valence-electron chi connectivity index (χ1n) is 14.9. The zero-order valence-electron chi connectivity index (χ0n) is 27.0. The second-order valence-corrected chi connectivity index (χ2v) is 12.7. The molecule has 2 aromatic heterocycles. The summed E-state index contributed by atoms with van der Waals surface area (Å²) in [4.78, 5) is 38.7. The van der Waals surface area contributed by atoms with Crippen LogP contribution in [0, 0.1) is 16.0 Å². The van der Waals surface area contributed by atoms with E-state index in [1.807, 2.05) is 26.8 Å². The minimum atomic E-state index is -0.568. The molecule has 0 atom stereocenters. The number of aromatic nitrogens is 3. The fraction of sp³-hybridized carbons (Fsp3) is 0.333. The third-order valence-electron chi connectivity index (χ3n) is 7.34. The molecular formula is C33H34Cl2N6O7. The number of benzene rings is 2. The summed E-state index contributed by atoms with van der Waals surface area (Å²) < 4.78 is 22.0. The molecule has 4 aromatic rings. The van der Waals surface area contributed by atoms with Crippen molar-refractivity contribution in [3.8, 4) is 28.5 Å². The highest BCUT2D eigenvalue weighted by molar-refractivity contribution is 6.41. The number of nitrogens with zero attached hydrogens (tertiary/aromatic N) is 5. The molecule has 1 saturated heterocycles. The van der Waals surface area contributed by atoms with E-state index >= 15 is 0 Å². The van der Waals surface area contributed by atoms with E-state index in [1.165, 1.54) is 26.6 Å². The van der Waals surface area contributed by atoms with Gasteiger partial charge in [-0.15, -0.1) is 0 Å². The molecule has 13 nitrogen and oxygen atoms in total. The van der Waals surface area contributed by atoms with Gasteiger partial charge < -0.3 is 29.2 Å². The van der Waals surface area contributed by atoms with Gasteiger partial charge >= 0.3 is 6.09 Å². The average molecular weight is 698 g/mol. The number of hydrogen-bond acceptors (Lipinski definition) is 11. The maximum Gasteiger partial charge on any atom is 0.410 e. The minimum Gasteiger partial charge on any atom is -0.495 e. The Morgan fingerprint density at radius 1 is 1.04 bits per heavy atom. The van der Waals surface area contributed by atoms with E-state index < -0.39 is 10.5 Å². The van der Waals surface area contributed by atoms with Crippen LogP contribution in [0.25, 0.3) is 11.3 Å². The number of pyridine rings is 1. The van der Waals surface area contributed by atoms with Gasteiger partial charge in [0.2, 0.25) is 0 Å². The highest BCUT2D eigenvalue weighted by Gasteiger charge is 2.34. The Kier molecular flexibility index (Phi) is 10.4. The Morgan fingerprint density at radius 3 is 2.40 bits per heavy atom. The van der Waals surface area contributed by atoms with Gasteiger partial charge in [0.1, 0.15) is 45.0 Å². The zero-order chi connectivity index (χ0) is 34.6. The van der Waals surface area contributed by atoms with Crippen LogP contribution in [0.3, 0.4) is 0 Å². The molecule has 1 aliphatic rings. The van der Waals surface area contributed by atoms with Crippen molar-refractivity contribution in [2.75, 3.05) is 39.2 Å².